The second-order valence-corrected chi connectivity index (χ2v) is 10.7. The molecule has 0 atom stereocenters. The SMILES string of the molecule is CCCCC/C=C\C/C=C\CCCCCCCC(=O)O.CCCCC/C=C\C/C=C\CCCCCCCC(=O)O.[H-].[H-].[Mg+2]. The standard InChI is InChI=1S/2C18H32O2.Mg.2H/c2*1-2-3-4-5-6-7-8-9-10-11-12-13-14-15-16-17-18(19)20;;;/h2*6-7,9-10H,2-5,8,11-17H2,1H3,(H,19,20);;;/q;;+2;2*-1/b2*7-6-,10-9-;;;. The van der Waals surface area contributed by atoms with Crippen LogP contribution in [-0.2, 0) is 9.59 Å². The van der Waals surface area contributed by atoms with E-state index < -0.39 is 11.9 Å². The second kappa shape index (κ2) is 40.8. The first-order valence-electron chi connectivity index (χ1n) is 16.6. The van der Waals surface area contributed by atoms with Crippen molar-refractivity contribution < 1.29 is 22.7 Å². The van der Waals surface area contributed by atoms with Gasteiger partial charge in [0.05, 0.1) is 0 Å². The molecule has 0 rings (SSSR count). The third-order valence-electron chi connectivity index (χ3n) is 6.68. The van der Waals surface area contributed by atoms with Gasteiger partial charge < -0.3 is 13.1 Å². The van der Waals surface area contributed by atoms with Gasteiger partial charge in [0.15, 0.2) is 0 Å². The average Bonchev–Trinajstić information content (AvgIpc) is 2.93. The summed E-state index contributed by atoms with van der Waals surface area (Å²) >= 11 is 0. The molecule has 5 heteroatoms. The maximum absolute atomic E-state index is 10.3. The van der Waals surface area contributed by atoms with Crippen molar-refractivity contribution in [3.8, 4) is 0 Å². The van der Waals surface area contributed by atoms with Gasteiger partial charge in [-0.25, -0.2) is 0 Å². The topological polar surface area (TPSA) is 74.6 Å². The number of allylic oxidation sites excluding steroid dienone is 8. The van der Waals surface area contributed by atoms with Crippen molar-refractivity contribution in [2.75, 3.05) is 0 Å². The summed E-state index contributed by atoms with van der Waals surface area (Å²) in [4.78, 5) is 20.6. The smallest absolute Gasteiger partial charge is 1.00 e. The Balaban J connectivity index is -0.000000209. The van der Waals surface area contributed by atoms with Crippen LogP contribution in [0.3, 0.4) is 0 Å². The van der Waals surface area contributed by atoms with Crippen molar-refractivity contribution in [1.29, 1.82) is 0 Å². The fraction of sp³-hybridized carbons (Fsp3) is 0.722. The van der Waals surface area contributed by atoms with E-state index in [0.29, 0.717) is 12.8 Å². The summed E-state index contributed by atoms with van der Waals surface area (Å²) < 4.78 is 0. The summed E-state index contributed by atoms with van der Waals surface area (Å²) in [5.74, 6) is -1.34. The van der Waals surface area contributed by atoms with E-state index in [-0.39, 0.29) is 25.9 Å². The van der Waals surface area contributed by atoms with E-state index in [9.17, 15) is 9.59 Å². The molecule has 0 radical (unpaired) electrons. The Morgan fingerprint density at radius 2 is 0.707 bits per heavy atom. The van der Waals surface area contributed by atoms with E-state index in [1.54, 1.807) is 0 Å². The van der Waals surface area contributed by atoms with E-state index in [4.69, 9.17) is 10.2 Å². The first kappa shape index (κ1) is 44.1. The zero-order chi connectivity index (χ0) is 29.8. The summed E-state index contributed by atoms with van der Waals surface area (Å²) in [6.07, 6.45) is 44.6. The summed E-state index contributed by atoms with van der Waals surface area (Å²) in [6, 6.07) is 0. The van der Waals surface area contributed by atoms with Crippen molar-refractivity contribution in [2.24, 2.45) is 0 Å². The molecule has 0 saturated heterocycles. The molecule has 0 fully saturated rings. The quantitative estimate of drug-likeness (QED) is 0.0543. The van der Waals surface area contributed by atoms with Crippen LogP contribution in [-0.4, -0.2) is 45.2 Å². The van der Waals surface area contributed by atoms with Crippen LogP contribution < -0.4 is 0 Å². The molecule has 236 valence electrons. The van der Waals surface area contributed by atoms with Crippen LogP contribution in [0.1, 0.15) is 171 Å². The van der Waals surface area contributed by atoms with Crippen molar-refractivity contribution in [3.05, 3.63) is 48.6 Å². The molecule has 0 heterocycles. The van der Waals surface area contributed by atoms with Gasteiger partial charge >= 0.3 is 35.0 Å². The number of carbonyl (C=O) groups is 2. The molecule has 0 aliphatic heterocycles. The molecule has 0 spiro atoms. The molecular weight excluding hydrogens is 521 g/mol. The third kappa shape index (κ3) is 48.7. The van der Waals surface area contributed by atoms with Gasteiger partial charge in [0.25, 0.3) is 0 Å². The van der Waals surface area contributed by atoms with Gasteiger partial charge in [0.2, 0.25) is 0 Å². The number of unbranched alkanes of at least 4 members (excludes halogenated alkanes) is 16. The maximum atomic E-state index is 10.3. The second-order valence-electron chi connectivity index (χ2n) is 10.7. The fourth-order valence-electron chi connectivity index (χ4n) is 4.18. The first-order chi connectivity index (χ1) is 19.5. The third-order valence-corrected chi connectivity index (χ3v) is 6.68. The van der Waals surface area contributed by atoms with E-state index in [1.807, 2.05) is 0 Å². The summed E-state index contributed by atoms with van der Waals surface area (Å²) in [5, 5.41) is 17.0. The molecule has 2 N–H and O–H groups in total. The zero-order valence-electron chi connectivity index (χ0n) is 29.0. The van der Waals surface area contributed by atoms with Crippen molar-refractivity contribution >= 4 is 35.0 Å². The Morgan fingerprint density at radius 3 is 1.00 bits per heavy atom. The Bertz CT molecular complexity index is 608. The molecule has 0 aliphatic rings. The van der Waals surface area contributed by atoms with Crippen molar-refractivity contribution in [3.63, 3.8) is 0 Å². The molecular formula is C36H66MgO4. The fourth-order valence-corrected chi connectivity index (χ4v) is 4.18. The Labute approximate surface area is 273 Å². The van der Waals surface area contributed by atoms with E-state index in [1.165, 1.54) is 89.9 Å². The Kier molecular flexibility index (Phi) is 43.9. The van der Waals surface area contributed by atoms with Gasteiger partial charge in [-0.1, -0.05) is 127 Å². The van der Waals surface area contributed by atoms with Gasteiger partial charge in [-0.3, -0.25) is 9.59 Å². The van der Waals surface area contributed by atoms with Gasteiger partial charge in [0, 0.05) is 12.8 Å². The minimum Gasteiger partial charge on any atom is -1.00 e. The predicted octanol–water partition coefficient (Wildman–Crippen LogP) is 11.6. The summed E-state index contributed by atoms with van der Waals surface area (Å²) in [6.45, 7) is 4.47. The van der Waals surface area contributed by atoms with Gasteiger partial charge in [-0.2, -0.15) is 0 Å². The molecule has 4 nitrogen and oxygen atoms in total. The number of hydrogen-bond donors (Lipinski definition) is 2. The number of carboxylic acid groups (broad SMARTS) is 2. The van der Waals surface area contributed by atoms with E-state index in [0.717, 1.165) is 51.4 Å². The van der Waals surface area contributed by atoms with Crippen LogP contribution in [0.2, 0.25) is 0 Å². The molecule has 0 unspecified atom stereocenters. The van der Waals surface area contributed by atoms with Crippen LogP contribution >= 0.6 is 0 Å². The van der Waals surface area contributed by atoms with Crippen LogP contribution in [0.5, 0.6) is 0 Å². The number of carboxylic acids is 2. The largest absolute Gasteiger partial charge is 2.00 e. The number of rotatable bonds is 28. The molecule has 0 bridgehead atoms. The van der Waals surface area contributed by atoms with Gasteiger partial charge in [-0.15, -0.1) is 0 Å². The van der Waals surface area contributed by atoms with Crippen LogP contribution in [0.15, 0.2) is 48.6 Å². The normalized spacial score (nSPS) is 11.4. The molecule has 0 saturated carbocycles. The van der Waals surface area contributed by atoms with Crippen LogP contribution in [0, 0.1) is 0 Å². The molecule has 0 aromatic heterocycles. The number of hydrogen-bond acceptors (Lipinski definition) is 2. The number of aliphatic carboxylic acids is 2. The maximum Gasteiger partial charge on any atom is 2.00 e. The van der Waals surface area contributed by atoms with Crippen LogP contribution in [0.4, 0.5) is 0 Å². The molecule has 0 aromatic carbocycles. The molecule has 0 aliphatic carbocycles. The summed E-state index contributed by atoms with van der Waals surface area (Å²) in [7, 11) is 0. The monoisotopic (exact) mass is 586 g/mol. The van der Waals surface area contributed by atoms with E-state index in [2.05, 4.69) is 62.5 Å². The van der Waals surface area contributed by atoms with Gasteiger partial charge in [0.1, 0.15) is 0 Å². The molecule has 0 amide bonds. The van der Waals surface area contributed by atoms with E-state index >= 15 is 0 Å². The Morgan fingerprint density at radius 1 is 0.439 bits per heavy atom. The van der Waals surface area contributed by atoms with Crippen LogP contribution in [0.25, 0.3) is 0 Å². The minimum absolute atomic E-state index is 0. The molecule has 41 heavy (non-hydrogen) atoms. The Hall–Kier alpha value is -1.33. The van der Waals surface area contributed by atoms with Gasteiger partial charge in [-0.05, 0) is 77.0 Å². The predicted molar refractivity (Wildman–Crippen MR) is 182 cm³/mol. The average molecular weight is 587 g/mol. The van der Waals surface area contributed by atoms with Crippen molar-refractivity contribution in [1.82, 2.24) is 0 Å². The summed E-state index contributed by atoms with van der Waals surface area (Å²) in [5.41, 5.74) is 0. The molecule has 0 aromatic rings. The minimum atomic E-state index is -0.671. The first-order valence-corrected chi connectivity index (χ1v) is 16.6. The zero-order valence-corrected chi connectivity index (χ0v) is 28.4. The van der Waals surface area contributed by atoms with Crippen molar-refractivity contribution in [2.45, 2.75) is 168 Å².